The third kappa shape index (κ3) is 5.83. The summed E-state index contributed by atoms with van der Waals surface area (Å²) in [6.07, 6.45) is 1.53. The lowest BCUT2D eigenvalue weighted by molar-refractivity contribution is -0.142. The van der Waals surface area contributed by atoms with E-state index in [-0.39, 0.29) is 5.92 Å². The van der Waals surface area contributed by atoms with Crippen molar-refractivity contribution >= 4 is 12.1 Å². The minimum atomic E-state index is -0.975. The normalized spacial score (nSPS) is 19.2. The summed E-state index contributed by atoms with van der Waals surface area (Å²) in [5.74, 6) is -0.875. The first-order valence-corrected chi connectivity index (χ1v) is 10.1. The number of ether oxygens (including phenoxy) is 1. The van der Waals surface area contributed by atoms with Crippen molar-refractivity contribution in [3.63, 3.8) is 0 Å². The largest absolute Gasteiger partial charge is 0.480 e. The number of amides is 1. The van der Waals surface area contributed by atoms with Gasteiger partial charge in [-0.25, -0.2) is 9.59 Å². The van der Waals surface area contributed by atoms with E-state index in [0.29, 0.717) is 13.0 Å². The molecule has 1 amide bonds. The van der Waals surface area contributed by atoms with Crippen molar-refractivity contribution in [2.45, 2.75) is 51.7 Å². The molecule has 0 bridgehead atoms. The van der Waals surface area contributed by atoms with E-state index in [9.17, 15) is 14.7 Å². The van der Waals surface area contributed by atoms with Crippen molar-refractivity contribution < 1.29 is 19.4 Å². The first-order valence-electron chi connectivity index (χ1n) is 10.1. The van der Waals surface area contributed by atoms with Crippen molar-refractivity contribution in [2.75, 3.05) is 6.54 Å². The van der Waals surface area contributed by atoms with Crippen LogP contribution in [-0.2, 0) is 22.4 Å². The SMILES string of the molecule is CC(C)(C)OC(=O)N1C[C@@H](Cc2ccc(Cc3ccccc3)cc2)C[C@@H]1C(=O)O. The van der Waals surface area contributed by atoms with E-state index in [1.165, 1.54) is 16.0 Å². The van der Waals surface area contributed by atoms with Gasteiger partial charge in [0.15, 0.2) is 0 Å². The van der Waals surface area contributed by atoms with Gasteiger partial charge in [0.25, 0.3) is 0 Å². The van der Waals surface area contributed by atoms with Crippen molar-refractivity contribution in [1.29, 1.82) is 0 Å². The van der Waals surface area contributed by atoms with Gasteiger partial charge in [0, 0.05) is 6.54 Å². The molecular formula is C24H29NO4. The smallest absolute Gasteiger partial charge is 0.411 e. The molecule has 0 unspecified atom stereocenters. The number of carbonyl (C=O) groups excluding carboxylic acids is 1. The summed E-state index contributed by atoms with van der Waals surface area (Å²) in [6, 6.07) is 17.9. The Bertz CT molecular complexity index is 839. The molecular weight excluding hydrogens is 366 g/mol. The topological polar surface area (TPSA) is 66.8 Å². The molecule has 154 valence electrons. The van der Waals surface area contributed by atoms with Crippen LogP contribution in [0.5, 0.6) is 0 Å². The molecule has 0 aliphatic carbocycles. The molecule has 0 aromatic heterocycles. The van der Waals surface area contributed by atoms with Gasteiger partial charge in [-0.2, -0.15) is 0 Å². The molecule has 5 heteroatoms. The molecule has 29 heavy (non-hydrogen) atoms. The standard InChI is InChI=1S/C24H29NO4/c1-24(2,3)29-23(28)25-16-20(15-21(25)22(26)27)14-19-11-9-18(10-12-19)13-17-7-5-4-6-8-17/h4-12,20-21H,13-16H2,1-3H3,(H,26,27)/t20-,21+/m0/s1. The predicted octanol–water partition coefficient (Wildman–Crippen LogP) is 4.53. The predicted molar refractivity (Wildman–Crippen MR) is 112 cm³/mol. The summed E-state index contributed by atoms with van der Waals surface area (Å²) >= 11 is 0. The zero-order valence-corrected chi connectivity index (χ0v) is 17.3. The number of rotatable bonds is 5. The van der Waals surface area contributed by atoms with Gasteiger partial charge in [0.1, 0.15) is 11.6 Å². The van der Waals surface area contributed by atoms with E-state index >= 15 is 0 Å². The number of carbonyl (C=O) groups is 2. The molecule has 1 saturated heterocycles. The van der Waals surface area contributed by atoms with E-state index in [2.05, 4.69) is 36.4 Å². The number of carboxylic acid groups (broad SMARTS) is 1. The quantitative estimate of drug-likeness (QED) is 0.808. The number of benzene rings is 2. The summed E-state index contributed by atoms with van der Waals surface area (Å²) in [6.45, 7) is 5.75. The summed E-state index contributed by atoms with van der Waals surface area (Å²) in [4.78, 5) is 25.4. The number of likely N-dealkylation sites (tertiary alicyclic amines) is 1. The third-order valence-electron chi connectivity index (χ3n) is 5.10. The van der Waals surface area contributed by atoms with Gasteiger partial charge in [-0.3, -0.25) is 4.90 Å². The lowest BCUT2D eigenvalue weighted by Crippen LogP contribution is -2.43. The van der Waals surface area contributed by atoms with Crippen LogP contribution in [0.25, 0.3) is 0 Å². The van der Waals surface area contributed by atoms with Gasteiger partial charge in [-0.05, 0) is 62.6 Å². The van der Waals surface area contributed by atoms with Crippen molar-refractivity contribution in [3.8, 4) is 0 Å². The van der Waals surface area contributed by atoms with Crippen molar-refractivity contribution in [2.24, 2.45) is 5.92 Å². The molecule has 5 nitrogen and oxygen atoms in total. The Kier molecular flexibility index (Phi) is 6.26. The molecule has 2 aromatic rings. The van der Waals surface area contributed by atoms with E-state index in [1.54, 1.807) is 20.8 Å². The van der Waals surface area contributed by atoms with Crippen molar-refractivity contribution in [3.05, 3.63) is 71.3 Å². The minimum Gasteiger partial charge on any atom is -0.480 e. The molecule has 3 rings (SSSR count). The van der Waals surface area contributed by atoms with Crippen molar-refractivity contribution in [1.82, 2.24) is 4.90 Å². The second kappa shape index (κ2) is 8.68. The molecule has 1 aliphatic heterocycles. The van der Waals surface area contributed by atoms with Gasteiger partial charge < -0.3 is 9.84 Å². The molecule has 0 radical (unpaired) electrons. The summed E-state index contributed by atoms with van der Waals surface area (Å²) in [7, 11) is 0. The molecule has 2 atom stereocenters. The van der Waals surface area contributed by atoms with Crippen LogP contribution in [0.4, 0.5) is 4.79 Å². The first-order chi connectivity index (χ1) is 13.7. The first kappa shape index (κ1) is 20.9. The van der Waals surface area contributed by atoms with Gasteiger partial charge in [0.2, 0.25) is 0 Å². The Morgan fingerprint density at radius 1 is 1.00 bits per heavy atom. The zero-order chi connectivity index (χ0) is 21.0. The Morgan fingerprint density at radius 2 is 1.59 bits per heavy atom. The van der Waals surface area contributed by atoms with Crippen LogP contribution < -0.4 is 0 Å². The lowest BCUT2D eigenvalue weighted by atomic mass is 9.95. The van der Waals surface area contributed by atoms with Crippen LogP contribution >= 0.6 is 0 Å². The van der Waals surface area contributed by atoms with E-state index in [0.717, 1.165) is 18.4 Å². The lowest BCUT2D eigenvalue weighted by Gasteiger charge is -2.26. The zero-order valence-electron chi connectivity index (χ0n) is 17.3. The van der Waals surface area contributed by atoms with E-state index in [1.807, 2.05) is 18.2 Å². The fourth-order valence-corrected chi connectivity index (χ4v) is 3.79. The molecule has 2 aromatic carbocycles. The highest BCUT2D eigenvalue weighted by molar-refractivity contribution is 5.81. The Hall–Kier alpha value is -2.82. The summed E-state index contributed by atoms with van der Waals surface area (Å²) in [5.41, 5.74) is 3.02. The van der Waals surface area contributed by atoms with Gasteiger partial charge in [0.05, 0.1) is 0 Å². The van der Waals surface area contributed by atoms with Crippen LogP contribution in [-0.4, -0.2) is 40.3 Å². The number of hydrogen-bond acceptors (Lipinski definition) is 3. The number of aliphatic carboxylic acids is 1. The number of nitrogens with zero attached hydrogens (tertiary/aromatic N) is 1. The minimum absolute atomic E-state index is 0.101. The van der Waals surface area contributed by atoms with Crippen LogP contribution in [0.3, 0.4) is 0 Å². The van der Waals surface area contributed by atoms with E-state index < -0.39 is 23.7 Å². The fourth-order valence-electron chi connectivity index (χ4n) is 3.79. The van der Waals surface area contributed by atoms with Crippen LogP contribution in [0, 0.1) is 5.92 Å². The average Bonchev–Trinajstić information content (AvgIpc) is 3.07. The highest BCUT2D eigenvalue weighted by atomic mass is 16.6. The van der Waals surface area contributed by atoms with Crippen LogP contribution in [0.15, 0.2) is 54.6 Å². The van der Waals surface area contributed by atoms with Crippen LogP contribution in [0.1, 0.15) is 43.9 Å². The fraction of sp³-hybridized carbons (Fsp3) is 0.417. The van der Waals surface area contributed by atoms with Gasteiger partial charge >= 0.3 is 12.1 Å². The Morgan fingerprint density at radius 3 is 2.17 bits per heavy atom. The molecule has 1 aliphatic rings. The molecule has 1 N–H and O–H groups in total. The molecule has 0 saturated carbocycles. The maximum atomic E-state index is 12.4. The highest BCUT2D eigenvalue weighted by Crippen LogP contribution is 2.28. The maximum absolute atomic E-state index is 12.4. The van der Waals surface area contributed by atoms with Gasteiger partial charge in [-0.15, -0.1) is 0 Å². The Labute approximate surface area is 172 Å². The van der Waals surface area contributed by atoms with E-state index in [4.69, 9.17) is 4.74 Å². The van der Waals surface area contributed by atoms with Gasteiger partial charge in [-0.1, -0.05) is 54.6 Å². The average molecular weight is 395 g/mol. The highest BCUT2D eigenvalue weighted by Gasteiger charge is 2.41. The monoisotopic (exact) mass is 395 g/mol. The maximum Gasteiger partial charge on any atom is 0.411 e. The second-order valence-electron chi connectivity index (χ2n) is 8.77. The molecule has 1 fully saturated rings. The molecule has 1 heterocycles. The summed E-state index contributed by atoms with van der Waals surface area (Å²) < 4.78 is 5.40. The number of carboxylic acids is 1. The third-order valence-corrected chi connectivity index (χ3v) is 5.10. The molecule has 0 spiro atoms. The number of hydrogen-bond donors (Lipinski definition) is 1. The summed E-state index contributed by atoms with van der Waals surface area (Å²) in [5, 5.41) is 9.54. The Balaban J connectivity index is 1.62. The van der Waals surface area contributed by atoms with Crippen LogP contribution in [0.2, 0.25) is 0 Å². The second-order valence-corrected chi connectivity index (χ2v) is 8.77.